The van der Waals surface area contributed by atoms with E-state index in [0.29, 0.717) is 9.21 Å². The lowest BCUT2D eigenvalue weighted by atomic mass is 10.3. The van der Waals surface area contributed by atoms with Crippen molar-refractivity contribution in [3.8, 4) is 0 Å². The maximum absolute atomic E-state index is 11.9. The molecule has 0 aliphatic heterocycles. The Bertz CT molecular complexity index is 408. The van der Waals surface area contributed by atoms with E-state index in [0.717, 1.165) is 25.7 Å². The van der Waals surface area contributed by atoms with Crippen molar-refractivity contribution in [2.45, 2.75) is 30.9 Å². The van der Waals surface area contributed by atoms with Crippen LogP contribution in [0.25, 0.3) is 0 Å². The first-order chi connectivity index (χ1) is 7.66. The van der Waals surface area contributed by atoms with Gasteiger partial charge in [0.25, 0.3) is 0 Å². The molecule has 1 saturated carbocycles. The van der Waals surface area contributed by atoms with Crippen molar-refractivity contribution >= 4 is 39.5 Å². The maximum atomic E-state index is 11.9. The maximum Gasteiger partial charge on any atom is 0.185 e. The fourth-order valence-electron chi connectivity index (χ4n) is 1.93. The van der Waals surface area contributed by atoms with Crippen LogP contribution in [0.4, 0.5) is 0 Å². The molecule has 1 fully saturated rings. The topological polar surface area (TPSA) is 34.1 Å². The minimum absolute atomic E-state index is 0.0397. The SMILES string of the molecule is O=C(CS(=O)C1CCCC1)c1ccc(Cl)s1. The average molecular weight is 277 g/mol. The van der Waals surface area contributed by atoms with Crippen molar-refractivity contribution < 1.29 is 9.00 Å². The Hall–Kier alpha value is -0.190. The van der Waals surface area contributed by atoms with Gasteiger partial charge in [-0.25, -0.2) is 0 Å². The summed E-state index contributed by atoms with van der Waals surface area (Å²) in [5.41, 5.74) is 0. The van der Waals surface area contributed by atoms with Gasteiger partial charge in [-0.05, 0) is 25.0 Å². The smallest absolute Gasteiger partial charge is 0.185 e. The van der Waals surface area contributed by atoms with Crippen molar-refractivity contribution in [1.82, 2.24) is 0 Å². The number of rotatable bonds is 4. The summed E-state index contributed by atoms with van der Waals surface area (Å²) < 4.78 is 12.5. The summed E-state index contributed by atoms with van der Waals surface area (Å²) in [5, 5.41) is 0.236. The second kappa shape index (κ2) is 5.43. The Kier molecular flexibility index (Phi) is 4.16. The molecule has 0 aromatic carbocycles. The Labute approximate surface area is 106 Å². The quantitative estimate of drug-likeness (QED) is 0.791. The normalized spacial score (nSPS) is 18.8. The number of halogens is 1. The first-order valence-electron chi connectivity index (χ1n) is 5.32. The van der Waals surface area contributed by atoms with Gasteiger partial charge in [-0.1, -0.05) is 24.4 Å². The van der Waals surface area contributed by atoms with E-state index in [1.165, 1.54) is 11.3 Å². The largest absolute Gasteiger partial charge is 0.292 e. The summed E-state index contributed by atoms with van der Waals surface area (Å²) in [6, 6.07) is 3.42. The highest BCUT2D eigenvalue weighted by molar-refractivity contribution is 7.86. The molecule has 88 valence electrons. The van der Waals surface area contributed by atoms with E-state index in [2.05, 4.69) is 0 Å². The Morgan fingerprint density at radius 1 is 1.44 bits per heavy atom. The zero-order valence-corrected chi connectivity index (χ0v) is 11.2. The lowest BCUT2D eigenvalue weighted by Gasteiger charge is -2.07. The van der Waals surface area contributed by atoms with E-state index in [4.69, 9.17) is 11.6 Å². The van der Waals surface area contributed by atoms with Gasteiger partial charge < -0.3 is 0 Å². The number of carbonyl (C=O) groups excluding carboxylic acids is 1. The van der Waals surface area contributed by atoms with Crippen molar-refractivity contribution in [1.29, 1.82) is 0 Å². The van der Waals surface area contributed by atoms with Crippen LogP contribution in [0.5, 0.6) is 0 Å². The third-order valence-electron chi connectivity index (χ3n) is 2.80. The molecule has 0 amide bonds. The predicted octanol–water partition coefficient (Wildman–Crippen LogP) is 3.28. The summed E-state index contributed by atoms with van der Waals surface area (Å²) in [4.78, 5) is 12.4. The van der Waals surface area contributed by atoms with Crippen LogP contribution in [0, 0.1) is 0 Å². The van der Waals surface area contributed by atoms with Gasteiger partial charge in [0, 0.05) is 16.0 Å². The molecule has 0 radical (unpaired) electrons. The van der Waals surface area contributed by atoms with Crippen LogP contribution >= 0.6 is 22.9 Å². The van der Waals surface area contributed by atoms with Crippen LogP contribution in [0.3, 0.4) is 0 Å². The van der Waals surface area contributed by atoms with Gasteiger partial charge >= 0.3 is 0 Å². The van der Waals surface area contributed by atoms with E-state index in [1.807, 2.05) is 0 Å². The van der Waals surface area contributed by atoms with Gasteiger partial charge in [-0.3, -0.25) is 9.00 Å². The molecule has 1 aliphatic carbocycles. The molecule has 2 nitrogen and oxygen atoms in total. The highest BCUT2D eigenvalue weighted by atomic mass is 35.5. The summed E-state index contributed by atoms with van der Waals surface area (Å²) in [7, 11) is -1.00. The van der Waals surface area contributed by atoms with Crippen molar-refractivity contribution in [2.75, 3.05) is 5.75 Å². The molecule has 16 heavy (non-hydrogen) atoms. The second-order valence-electron chi connectivity index (χ2n) is 3.96. The van der Waals surface area contributed by atoms with E-state index >= 15 is 0 Å². The molecule has 0 spiro atoms. The number of ketones is 1. The van der Waals surface area contributed by atoms with Crippen molar-refractivity contribution in [2.24, 2.45) is 0 Å². The van der Waals surface area contributed by atoms with Gasteiger partial charge in [0.15, 0.2) is 5.78 Å². The Morgan fingerprint density at radius 3 is 2.69 bits per heavy atom. The average Bonchev–Trinajstić information content (AvgIpc) is 2.87. The van der Waals surface area contributed by atoms with Crippen LogP contribution in [0.1, 0.15) is 35.4 Å². The van der Waals surface area contributed by atoms with Crippen LogP contribution in [0.2, 0.25) is 4.34 Å². The lowest BCUT2D eigenvalue weighted by molar-refractivity contribution is 0.102. The number of carbonyl (C=O) groups is 1. The molecule has 0 bridgehead atoms. The van der Waals surface area contributed by atoms with Gasteiger partial charge in [-0.2, -0.15) is 0 Å². The third kappa shape index (κ3) is 2.93. The standard InChI is InChI=1S/C11H13ClO2S2/c12-11-6-5-10(15-11)9(13)7-16(14)8-3-1-2-4-8/h5-6,8H,1-4,7H2. The van der Waals surface area contributed by atoms with Gasteiger partial charge in [0.05, 0.1) is 15.0 Å². The molecule has 1 atom stereocenters. The first-order valence-corrected chi connectivity index (χ1v) is 7.90. The number of thiophene rings is 1. The number of hydrogen-bond acceptors (Lipinski definition) is 3. The summed E-state index contributed by atoms with van der Waals surface area (Å²) in [6.07, 6.45) is 4.31. The van der Waals surface area contributed by atoms with Crippen molar-refractivity contribution in [3.05, 3.63) is 21.3 Å². The number of Topliss-reactive ketones (excluding diaryl/α,β-unsaturated/α-hetero) is 1. The predicted molar refractivity (Wildman–Crippen MR) is 68.9 cm³/mol. The Morgan fingerprint density at radius 2 is 2.12 bits per heavy atom. The van der Waals surface area contributed by atoms with E-state index < -0.39 is 10.8 Å². The summed E-state index contributed by atoms with van der Waals surface area (Å²) >= 11 is 7.02. The van der Waals surface area contributed by atoms with Gasteiger partial charge in [-0.15, -0.1) is 11.3 Å². The monoisotopic (exact) mass is 276 g/mol. The highest BCUT2D eigenvalue weighted by Gasteiger charge is 2.23. The zero-order valence-electron chi connectivity index (χ0n) is 8.78. The Balaban J connectivity index is 1.94. The van der Waals surface area contributed by atoms with Crippen LogP contribution in [-0.2, 0) is 10.8 Å². The molecule has 1 aromatic heterocycles. The first kappa shape index (κ1) is 12.3. The molecule has 1 aliphatic rings. The van der Waals surface area contributed by atoms with Crippen molar-refractivity contribution in [3.63, 3.8) is 0 Å². The molecule has 5 heteroatoms. The fraction of sp³-hybridized carbons (Fsp3) is 0.545. The molecular formula is C11H13ClO2S2. The van der Waals surface area contributed by atoms with E-state index in [9.17, 15) is 9.00 Å². The van der Waals surface area contributed by atoms with Crippen LogP contribution < -0.4 is 0 Å². The van der Waals surface area contributed by atoms with E-state index in [-0.39, 0.29) is 16.8 Å². The minimum Gasteiger partial charge on any atom is -0.292 e. The molecule has 0 saturated heterocycles. The minimum atomic E-state index is -1.00. The van der Waals surface area contributed by atoms with Gasteiger partial charge in [0.1, 0.15) is 0 Å². The van der Waals surface area contributed by atoms with Crippen LogP contribution in [-0.4, -0.2) is 21.0 Å². The third-order valence-corrected chi connectivity index (χ3v) is 5.83. The molecule has 1 aromatic rings. The zero-order chi connectivity index (χ0) is 11.5. The lowest BCUT2D eigenvalue weighted by Crippen LogP contribution is -2.19. The molecule has 2 rings (SSSR count). The highest BCUT2D eigenvalue weighted by Crippen LogP contribution is 2.25. The molecule has 0 N–H and O–H groups in total. The molecular weight excluding hydrogens is 264 g/mol. The van der Waals surface area contributed by atoms with E-state index in [1.54, 1.807) is 12.1 Å². The summed E-state index contributed by atoms with van der Waals surface area (Å²) in [6.45, 7) is 0. The second-order valence-corrected chi connectivity index (χ2v) is 7.39. The van der Waals surface area contributed by atoms with Crippen LogP contribution in [0.15, 0.2) is 12.1 Å². The van der Waals surface area contributed by atoms with Gasteiger partial charge in [0.2, 0.25) is 0 Å². The fourth-order valence-corrected chi connectivity index (χ4v) is 4.51. The number of hydrogen-bond donors (Lipinski definition) is 0. The molecule has 1 heterocycles. The molecule has 1 unspecified atom stereocenters. The summed E-state index contributed by atoms with van der Waals surface area (Å²) in [5.74, 6) is 0.115.